The summed E-state index contributed by atoms with van der Waals surface area (Å²) in [6.07, 6.45) is 2.96. The van der Waals surface area contributed by atoms with Gasteiger partial charge in [0.1, 0.15) is 5.54 Å². The van der Waals surface area contributed by atoms with Crippen molar-refractivity contribution >= 4 is 9.84 Å². The number of fused-ring (bicyclic) bond motifs is 2. The molecular formula is C9H14N2O2S. The van der Waals surface area contributed by atoms with Gasteiger partial charge in [-0.25, -0.2) is 8.42 Å². The van der Waals surface area contributed by atoms with Crippen molar-refractivity contribution in [2.24, 2.45) is 5.73 Å². The fourth-order valence-corrected chi connectivity index (χ4v) is 5.19. The third-order valence-corrected chi connectivity index (χ3v) is 6.05. The van der Waals surface area contributed by atoms with Crippen molar-refractivity contribution in [1.82, 2.24) is 0 Å². The van der Waals surface area contributed by atoms with E-state index < -0.39 is 15.4 Å². The maximum atomic E-state index is 11.8. The van der Waals surface area contributed by atoms with Gasteiger partial charge >= 0.3 is 0 Å². The van der Waals surface area contributed by atoms with Crippen LogP contribution in [0.25, 0.3) is 0 Å². The number of sulfone groups is 1. The molecule has 2 saturated heterocycles. The summed E-state index contributed by atoms with van der Waals surface area (Å²) in [5.74, 6) is 0. The fourth-order valence-electron chi connectivity index (χ4n) is 2.60. The molecule has 4 nitrogen and oxygen atoms in total. The van der Waals surface area contributed by atoms with Crippen molar-refractivity contribution in [1.29, 1.82) is 5.26 Å². The Balaban J connectivity index is 2.35. The van der Waals surface area contributed by atoms with Crippen LogP contribution >= 0.6 is 0 Å². The highest BCUT2D eigenvalue weighted by Crippen LogP contribution is 2.39. The summed E-state index contributed by atoms with van der Waals surface area (Å²) in [4.78, 5) is 0. The number of nitrogens with zero attached hydrogens (tertiary/aromatic N) is 1. The zero-order valence-corrected chi connectivity index (χ0v) is 8.76. The first-order valence-corrected chi connectivity index (χ1v) is 6.52. The third-order valence-electron chi connectivity index (χ3n) is 3.39. The number of hydrogen-bond donors (Lipinski definition) is 1. The van der Waals surface area contributed by atoms with Crippen LogP contribution in [0.3, 0.4) is 0 Å². The predicted molar refractivity (Wildman–Crippen MR) is 52.1 cm³/mol. The van der Waals surface area contributed by atoms with Crippen molar-refractivity contribution in [3.05, 3.63) is 0 Å². The van der Waals surface area contributed by atoms with Crippen LogP contribution in [-0.4, -0.2) is 24.5 Å². The lowest BCUT2D eigenvalue weighted by atomic mass is 9.85. The molecule has 0 aromatic heterocycles. The summed E-state index contributed by atoms with van der Waals surface area (Å²) >= 11 is 0. The van der Waals surface area contributed by atoms with Gasteiger partial charge in [-0.15, -0.1) is 0 Å². The second-order valence-corrected chi connectivity index (χ2v) is 6.95. The van der Waals surface area contributed by atoms with E-state index in [1.807, 2.05) is 0 Å². The smallest absolute Gasteiger partial charge is 0.156 e. The molecular weight excluding hydrogens is 200 g/mol. The molecule has 2 bridgehead atoms. The summed E-state index contributed by atoms with van der Waals surface area (Å²) in [5.41, 5.74) is 4.94. The topological polar surface area (TPSA) is 83.9 Å². The minimum Gasteiger partial charge on any atom is -0.313 e. The second kappa shape index (κ2) is 2.94. The summed E-state index contributed by atoms with van der Waals surface area (Å²) in [5, 5.41) is 8.18. The molecule has 2 aliphatic heterocycles. The molecule has 0 spiro atoms. The van der Waals surface area contributed by atoms with Gasteiger partial charge in [0.25, 0.3) is 0 Å². The molecule has 0 radical (unpaired) electrons. The van der Waals surface area contributed by atoms with E-state index >= 15 is 0 Å². The standard InChI is InChI=1S/C9H14N2O2S/c10-6-9(11)4-7-2-1-3-8(5-9)14(7,12)13/h7-8H,1-5,11H2. The van der Waals surface area contributed by atoms with Gasteiger partial charge in [-0.1, -0.05) is 6.42 Å². The van der Waals surface area contributed by atoms with E-state index in [2.05, 4.69) is 6.07 Å². The highest BCUT2D eigenvalue weighted by atomic mass is 32.2. The third kappa shape index (κ3) is 1.33. The highest BCUT2D eigenvalue weighted by molar-refractivity contribution is 7.92. The maximum absolute atomic E-state index is 11.8. The number of nitrogens with two attached hydrogens (primary N) is 1. The number of hydrogen-bond acceptors (Lipinski definition) is 4. The van der Waals surface area contributed by atoms with Crippen molar-refractivity contribution < 1.29 is 8.42 Å². The Bertz CT molecular complexity index is 362. The minimum absolute atomic E-state index is 0.322. The van der Waals surface area contributed by atoms with Gasteiger partial charge in [0.05, 0.1) is 16.6 Å². The molecule has 0 aliphatic carbocycles. The number of rotatable bonds is 0. The van der Waals surface area contributed by atoms with Crippen molar-refractivity contribution in [2.75, 3.05) is 0 Å². The van der Waals surface area contributed by atoms with Crippen LogP contribution < -0.4 is 5.73 Å². The monoisotopic (exact) mass is 214 g/mol. The molecule has 0 aromatic rings. The van der Waals surface area contributed by atoms with Crippen LogP contribution in [0.1, 0.15) is 32.1 Å². The lowest BCUT2D eigenvalue weighted by Crippen LogP contribution is -2.55. The zero-order valence-electron chi connectivity index (χ0n) is 7.94. The molecule has 2 aliphatic rings. The molecule has 2 unspecified atom stereocenters. The predicted octanol–water partition coefficient (Wildman–Crippen LogP) is 0.337. The summed E-state index contributed by atoms with van der Waals surface area (Å²) < 4.78 is 23.7. The largest absolute Gasteiger partial charge is 0.313 e. The van der Waals surface area contributed by atoms with E-state index in [4.69, 9.17) is 11.0 Å². The molecule has 0 saturated carbocycles. The summed E-state index contributed by atoms with van der Waals surface area (Å²) in [7, 11) is -2.98. The van der Waals surface area contributed by atoms with Gasteiger partial charge in [-0.05, 0) is 25.7 Å². The molecule has 0 aromatic carbocycles. The first-order valence-electron chi connectivity index (χ1n) is 4.91. The Morgan fingerprint density at radius 1 is 1.29 bits per heavy atom. The quantitative estimate of drug-likeness (QED) is 0.630. The first-order chi connectivity index (χ1) is 6.48. The van der Waals surface area contributed by atoms with Crippen molar-refractivity contribution in [2.45, 2.75) is 48.1 Å². The van der Waals surface area contributed by atoms with Gasteiger partial charge in [-0.2, -0.15) is 5.26 Å². The average molecular weight is 214 g/mol. The van der Waals surface area contributed by atoms with Crippen molar-refractivity contribution in [3.63, 3.8) is 0 Å². The second-order valence-electron chi connectivity index (χ2n) is 4.44. The highest BCUT2D eigenvalue weighted by Gasteiger charge is 2.49. The normalized spacial score (nSPS) is 45.4. The van der Waals surface area contributed by atoms with Crippen LogP contribution in [0.15, 0.2) is 0 Å². The SMILES string of the molecule is N#CC1(N)CC2CCCC(C1)S2(=O)=O. The Morgan fingerprint density at radius 3 is 2.21 bits per heavy atom. The van der Waals surface area contributed by atoms with E-state index in [-0.39, 0.29) is 10.5 Å². The lowest BCUT2D eigenvalue weighted by molar-refractivity contribution is 0.348. The molecule has 14 heavy (non-hydrogen) atoms. The molecule has 78 valence electrons. The van der Waals surface area contributed by atoms with Crippen LogP contribution in [-0.2, 0) is 9.84 Å². The fraction of sp³-hybridized carbons (Fsp3) is 0.889. The Morgan fingerprint density at radius 2 is 1.79 bits per heavy atom. The van der Waals surface area contributed by atoms with Crippen LogP contribution in [0, 0.1) is 11.3 Å². The van der Waals surface area contributed by atoms with Crippen LogP contribution in [0.5, 0.6) is 0 Å². The zero-order chi connectivity index (χ0) is 10.4. The van der Waals surface area contributed by atoms with Gasteiger partial charge in [0.2, 0.25) is 0 Å². The van der Waals surface area contributed by atoms with E-state index in [1.165, 1.54) is 0 Å². The minimum atomic E-state index is -2.98. The molecule has 2 fully saturated rings. The molecule has 2 N–H and O–H groups in total. The summed E-state index contributed by atoms with van der Waals surface area (Å²) in [6, 6.07) is 2.06. The van der Waals surface area contributed by atoms with Crippen LogP contribution in [0.2, 0.25) is 0 Å². The van der Waals surface area contributed by atoms with Gasteiger partial charge in [0.15, 0.2) is 9.84 Å². The summed E-state index contributed by atoms with van der Waals surface area (Å²) in [6.45, 7) is 0. The van der Waals surface area contributed by atoms with Crippen LogP contribution in [0.4, 0.5) is 0 Å². The Labute approximate surface area is 84.0 Å². The van der Waals surface area contributed by atoms with Crippen molar-refractivity contribution in [3.8, 4) is 6.07 Å². The Hall–Kier alpha value is -0.600. The molecule has 5 heteroatoms. The average Bonchev–Trinajstić information content (AvgIpc) is 2.08. The Kier molecular flexibility index (Phi) is 2.09. The van der Waals surface area contributed by atoms with E-state index in [1.54, 1.807) is 0 Å². The molecule has 2 heterocycles. The van der Waals surface area contributed by atoms with E-state index in [9.17, 15) is 8.42 Å². The van der Waals surface area contributed by atoms with E-state index in [0.717, 1.165) is 6.42 Å². The van der Waals surface area contributed by atoms with Gasteiger partial charge in [-0.3, -0.25) is 0 Å². The van der Waals surface area contributed by atoms with Gasteiger partial charge in [0, 0.05) is 0 Å². The van der Waals surface area contributed by atoms with Gasteiger partial charge < -0.3 is 5.73 Å². The first kappa shape index (κ1) is 9.94. The molecule has 2 atom stereocenters. The lowest BCUT2D eigenvalue weighted by Gasteiger charge is -2.41. The number of nitriles is 1. The molecule has 2 rings (SSSR count). The van der Waals surface area contributed by atoms with E-state index in [0.29, 0.717) is 25.7 Å². The maximum Gasteiger partial charge on any atom is 0.156 e. The molecule has 0 amide bonds.